The lowest BCUT2D eigenvalue weighted by atomic mass is 10.1. The number of carbonyl (C=O) groups is 2. The molecule has 0 spiro atoms. The Kier molecular flexibility index (Phi) is 4.14. The first-order valence-electron chi connectivity index (χ1n) is 9.22. The predicted octanol–water partition coefficient (Wildman–Crippen LogP) is 4.81. The molecule has 0 saturated heterocycles. The van der Waals surface area contributed by atoms with Gasteiger partial charge >= 0.3 is 6.09 Å². The van der Waals surface area contributed by atoms with E-state index in [4.69, 9.17) is 4.74 Å². The van der Waals surface area contributed by atoms with Crippen molar-refractivity contribution in [2.75, 3.05) is 5.32 Å². The Morgan fingerprint density at radius 1 is 1.14 bits per heavy atom. The standard InChI is InChI=1S/C22H23N3O3/c1-22(2,3)28-21(27)25-13-15-6-5-7-17(19(15)20(25)26)23-16-8-9-18-14(12-16)10-11-24(18)4/h5-12,23H,13H2,1-4H3. The molecule has 0 unspecified atom stereocenters. The number of amides is 2. The zero-order valence-electron chi connectivity index (χ0n) is 16.4. The summed E-state index contributed by atoms with van der Waals surface area (Å²) in [5.41, 5.74) is 3.37. The van der Waals surface area contributed by atoms with Crippen molar-refractivity contribution in [1.82, 2.24) is 9.47 Å². The van der Waals surface area contributed by atoms with Gasteiger partial charge in [-0.05, 0) is 56.7 Å². The maximum Gasteiger partial charge on any atom is 0.417 e. The molecule has 3 aromatic rings. The Bertz CT molecular complexity index is 1090. The molecule has 0 aliphatic carbocycles. The molecular formula is C22H23N3O3. The van der Waals surface area contributed by atoms with Crippen LogP contribution >= 0.6 is 0 Å². The summed E-state index contributed by atoms with van der Waals surface area (Å²) in [7, 11) is 2.00. The minimum absolute atomic E-state index is 0.219. The highest BCUT2D eigenvalue weighted by Gasteiger charge is 2.36. The lowest BCUT2D eigenvalue weighted by Gasteiger charge is -2.23. The van der Waals surface area contributed by atoms with Crippen LogP contribution in [-0.2, 0) is 18.3 Å². The van der Waals surface area contributed by atoms with E-state index in [9.17, 15) is 9.59 Å². The molecule has 2 aromatic carbocycles. The molecule has 0 bridgehead atoms. The quantitative estimate of drug-likeness (QED) is 0.696. The molecule has 1 N–H and O–H groups in total. The van der Waals surface area contributed by atoms with Gasteiger partial charge in [0, 0.05) is 29.8 Å². The normalized spacial score (nSPS) is 13.7. The lowest BCUT2D eigenvalue weighted by Crippen LogP contribution is -2.37. The summed E-state index contributed by atoms with van der Waals surface area (Å²) in [6.45, 7) is 5.57. The maximum atomic E-state index is 12.9. The van der Waals surface area contributed by atoms with Crippen molar-refractivity contribution in [3.63, 3.8) is 0 Å². The SMILES string of the molecule is Cn1ccc2cc(Nc3cccc4c3C(=O)N(C(=O)OC(C)(C)C)C4)ccc21. The number of aromatic nitrogens is 1. The summed E-state index contributed by atoms with van der Waals surface area (Å²) in [4.78, 5) is 26.5. The van der Waals surface area contributed by atoms with Crippen molar-refractivity contribution in [3.05, 3.63) is 59.8 Å². The molecule has 1 aliphatic heterocycles. The molecule has 1 aromatic heterocycles. The Morgan fingerprint density at radius 2 is 1.93 bits per heavy atom. The summed E-state index contributed by atoms with van der Waals surface area (Å²) in [6.07, 6.45) is 1.39. The molecule has 28 heavy (non-hydrogen) atoms. The van der Waals surface area contributed by atoms with Crippen molar-refractivity contribution in [1.29, 1.82) is 0 Å². The first-order valence-corrected chi connectivity index (χ1v) is 9.22. The van der Waals surface area contributed by atoms with E-state index in [1.54, 1.807) is 20.8 Å². The van der Waals surface area contributed by atoms with E-state index in [2.05, 4.69) is 9.88 Å². The van der Waals surface area contributed by atoms with Gasteiger partial charge in [-0.15, -0.1) is 0 Å². The second kappa shape index (κ2) is 6.41. The maximum absolute atomic E-state index is 12.9. The zero-order chi connectivity index (χ0) is 20.1. The van der Waals surface area contributed by atoms with E-state index in [0.717, 1.165) is 27.1 Å². The monoisotopic (exact) mass is 377 g/mol. The zero-order valence-corrected chi connectivity index (χ0v) is 16.4. The highest BCUT2D eigenvalue weighted by molar-refractivity contribution is 6.10. The fraction of sp³-hybridized carbons (Fsp3) is 0.273. The fourth-order valence-electron chi connectivity index (χ4n) is 3.45. The third-order valence-electron chi connectivity index (χ3n) is 4.72. The number of carbonyl (C=O) groups excluding carboxylic acids is 2. The lowest BCUT2D eigenvalue weighted by molar-refractivity contribution is 0.0248. The molecule has 0 saturated carbocycles. The van der Waals surface area contributed by atoms with Gasteiger partial charge in [0.15, 0.2) is 0 Å². The molecule has 4 rings (SSSR count). The van der Waals surface area contributed by atoms with Crippen LogP contribution in [0.3, 0.4) is 0 Å². The van der Waals surface area contributed by atoms with E-state index in [0.29, 0.717) is 11.3 Å². The van der Waals surface area contributed by atoms with Crippen LogP contribution in [-0.4, -0.2) is 27.1 Å². The van der Waals surface area contributed by atoms with Crippen molar-refractivity contribution < 1.29 is 14.3 Å². The van der Waals surface area contributed by atoms with Crippen molar-refractivity contribution in [3.8, 4) is 0 Å². The van der Waals surface area contributed by atoms with Crippen LogP contribution in [0, 0.1) is 0 Å². The number of imide groups is 1. The van der Waals surface area contributed by atoms with Crippen LogP contribution in [0.2, 0.25) is 0 Å². The Balaban J connectivity index is 1.63. The molecule has 0 atom stereocenters. The van der Waals surface area contributed by atoms with Crippen LogP contribution in [0.1, 0.15) is 36.7 Å². The van der Waals surface area contributed by atoms with Gasteiger partial charge in [-0.2, -0.15) is 0 Å². The molecule has 6 heteroatoms. The van der Waals surface area contributed by atoms with Gasteiger partial charge in [-0.25, -0.2) is 9.69 Å². The second-order valence-corrected chi connectivity index (χ2v) is 8.04. The van der Waals surface area contributed by atoms with E-state index in [-0.39, 0.29) is 12.5 Å². The van der Waals surface area contributed by atoms with Crippen LogP contribution in [0.4, 0.5) is 16.2 Å². The Hall–Kier alpha value is -3.28. The third kappa shape index (κ3) is 3.22. The van der Waals surface area contributed by atoms with Crippen molar-refractivity contribution in [2.24, 2.45) is 7.05 Å². The van der Waals surface area contributed by atoms with Gasteiger partial charge in [-0.3, -0.25) is 4.79 Å². The summed E-state index contributed by atoms with van der Waals surface area (Å²) in [5.74, 6) is -0.340. The smallest absolute Gasteiger partial charge is 0.417 e. The Morgan fingerprint density at radius 3 is 2.68 bits per heavy atom. The first kappa shape index (κ1) is 18.1. The molecule has 0 fully saturated rings. The summed E-state index contributed by atoms with van der Waals surface area (Å²) in [5, 5.41) is 4.45. The van der Waals surface area contributed by atoms with E-state index < -0.39 is 11.7 Å². The van der Waals surface area contributed by atoms with Gasteiger partial charge in [-0.1, -0.05) is 12.1 Å². The minimum atomic E-state index is -0.654. The number of fused-ring (bicyclic) bond motifs is 2. The predicted molar refractivity (Wildman–Crippen MR) is 109 cm³/mol. The molecule has 0 radical (unpaired) electrons. The van der Waals surface area contributed by atoms with Gasteiger partial charge in [0.2, 0.25) is 0 Å². The van der Waals surface area contributed by atoms with Crippen molar-refractivity contribution >= 4 is 34.3 Å². The van der Waals surface area contributed by atoms with Crippen LogP contribution < -0.4 is 5.32 Å². The average molecular weight is 377 g/mol. The number of anilines is 2. The molecule has 2 heterocycles. The van der Waals surface area contributed by atoms with E-state index in [1.165, 1.54) is 0 Å². The van der Waals surface area contributed by atoms with Crippen LogP contribution in [0.25, 0.3) is 10.9 Å². The van der Waals surface area contributed by atoms with Gasteiger partial charge in [0.25, 0.3) is 5.91 Å². The highest BCUT2D eigenvalue weighted by atomic mass is 16.6. The number of hydrogen-bond donors (Lipinski definition) is 1. The Labute approximate surface area is 163 Å². The number of hydrogen-bond acceptors (Lipinski definition) is 4. The van der Waals surface area contributed by atoms with Crippen molar-refractivity contribution in [2.45, 2.75) is 32.9 Å². The number of rotatable bonds is 2. The summed E-state index contributed by atoms with van der Waals surface area (Å²) in [6, 6.07) is 13.7. The second-order valence-electron chi connectivity index (χ2n) is 8.04. The summed E-state index contributed by atoms with van der Waals surface area (Å²) < 4.78 is 7.43. The number of aryl methyl sites for hydroxylation is 1. The van der Waals surface area contributed by atoms with Crippen LogP contribution in [0.5, 0.6) is 0 Å². The molecular weight excluding hydrogens is 354 g/mol. The van der Waals surface area contributed by atoms with Crippen LogP contribution in [0.15, 0.2) is 48.7 Å². The molecule has 1 aliphatic rings. The number of nitrogens with one attached hydrogen (secondary N) is 1. The topological polar surface area (TPSA) is 63.6 Å². The molecule has 144 valence electrons. The molecule has 2 amide bonds. The fourth-order valence-corrected chi connectivity index (χ4v) is 3.45. The number of nitrogens with zero attached hydrogens (tertiary/aromatic N) is 2. The van der Waals surface area contributed by atoms with Gasteiger partial charge in [0.1, 0.15) is 5.60 Å². The van der Waals surface area contributed by atoms with Gasteiger partial charge in [0.05, 0.1) is 17.8 Å². The highest BCUT2D eigenvalue weighted by Crippen LogP contribution is 2.33. The minimum Gasteiger partial charge on any atom is -0.443 e. The number of ether oxygens (including phenoxy) is 1. The van der Waals surface area contributed by atoms with Gasteiger partial charge < -0.3 is 14.6 Å². The third-order valence-corrected chi connectivity index (χ3v) is 4.72. The largest absolute Gasteiger partial charge is 0.443 e. The first-order chi connectivity index (χ1) is 13.2. The molecule has 6 nitrogen and oxygen atoms in total. The number of benzene rings is 2. The van der Waals surface area contributed by atoms with E-state index >= 15 is 0 Å². The average Bonchev–Trinajstić information content (AvgIpc) is 3.15. The van der Waals surface area contributed by atoms with E-state index in [1.807, 2.05) is 55.7 Å². The summed E-state index contributed by atoms with van der Waals surface area (Å²) >= 11 is 0.